The van der Waals surface area contributed by atoms with Crippen molar-refractivity contribution in [3.63, 3.8) is 0 Å². The van der Waals surface area contributed by atoms with Gasteiger partial charge in [0.2, 0.25) is 5.91 Å². The molecule has 0 rings (SSSR count). The van der Waals surface area contributed by atoms with Crippen molar-refractivity contribution in [2.75, 3.05) is 6.61 Å². The van der Waals surface area contributed by atoms with E-state index in [1.54, 1.807) is 6.08 Å². The zero-order valence-corrected chi connectivity index (χ0v) is 33.0. The van der Waals surface area contributed by atoms with Gasteiger partial charge in [-0.15, -0.1) is 0 Å². The lowest BCUT2D eigenvalue weighted by Gasteiger charge is -2.19. The maximum Gasteiger partial charge on any atom is 0.220 e. The van der Waals surface area contributed by atoms with Gasteiger partial charge in [0.15, 0.2) is 0 Å². The molecule has 0 saturated carbocycles. The van der Waals surface area contributed by atoms with E-state index >= 15 is 0 Å². The molecule has 0 fully saturated rings. The number of rotatable bonds is 39. The Labute approximate surface area is 306 Å². The smallest absolute Gasteiger partial charge is 0.220 e. The van der Waals surface area contributed by atoms with Gasteiger partial charge in [0.25, 0.3) is 0 Å². The molecule has 0 aliphatic carbocycles. The summed E-state index contributed by atoms with van der Waals surface area (Å²) in [6.45, 7) is 4.23. The zero-order valence-electron chi connectivity index (χ0n) is 33.0. The summed E-state index contributed by atoms with van der Waals surface area (Å²) in [7, 11) is 0. The van der Waals surface area contributed by atoms with Crippen molar-refractivity contribution in [2.45, 2.75) is 238 Å². The number of aliphatic hydroxyl groups excluding tert-OH is 2. The van der Waals surface area contributed by atoms with Gasteiger partial charge in [-0.25, -0.2) is 0 Å². The summed E-state index contributed by atoms with van der Waals surface area (Å²) < 4.78 is 0. The van der Waals surface area contributed by atoms with Gasteiger partial charge in [0.1, 0.15) is 0 Å². The number of hydrogen-bond donors (Lipinski definition) is 3. The molecule has 3 N–H and O–H groups in total. The third kappa shape index (κ3) is 37.7. The number of aliphatic hydroxyl groups is 2. The van der Waals surface area contributed by atoms with Crippen molar-refractivity contribution in [1.82, 2.24) is 5.32 Å². The molecule has 0 heterocycles. The fraction of sp³-hybridized carbons (Fsp3) is 0.844. The third-order valence-electron chi connectivity index (χ3n) is 9.83. The molecule has 0 aromatic rings. The zero-order chi connectivity index (χ0) is 35.7. The van der Waals surface area contributed by atoms with Crippen molar-refractivity contribution in [2.24, 2.45) is 0 Å². The number of carbonyl (C=O) groups is 1. The highest BCUT2D eigenvalue weighted by molar-refractivity contribution is 5.76. The number of allylic oxidation sites excluding steroid dienone is 5. The number of unbranched alkanes of at least 4 members (excludes halogenated alkanes) is 28. The quantitative estimate of drug-likeness (QED) is 0.0445. The molecular weight excluding hydrogens is 602 g/mol. The van der Waals surface area contributed by atoms with Crippen LogP contribution in [0.1, 0.15) is 226 Å². The van der Waals surface area contributed by atoms with Crippen molar-refractivity contribution < 1.29 is 15.0 Å². The Morgan fingerprint density at radius 3 is 1.27 bits per heavy atom. The first-order chi connectivity index (χ1) is 24.2. The lowest BCUT2D eigenvalue weighted by Crippen LogP contribution is -2.45. The lowest BCUT2D eigenvalue weighted by molar-refractivity contribution is -0.123. The summed E-state index contributed by atoms with van der Waals surface area (Å²) in [5.74, 6) is -0.0860. The van der Waals surface area contributed by atoms with Gasteiger partial charge in [-0.1, -0.05) is 204 Å². The van der Waals surface area contributed by atoms with Crippen LogP contribution in [0, 0.1) is 0 Å². The highest BCUT2D eigenvalue weighted by atomic mass is 16.3. The van der Waals surface area contributed by atoms with Crippen molar-refractivity contribution in [3.8, 4) is 0 Å². The molecule has 0 aromatic carbocycles. The summed E-state index contributed by atoms with van der Waals surface area (Å²) in [6.07, 6.45) is 54.2. The normalized spacial score (nSPS) is 13.3. The fourth-order valence-electron chi connectivity index (χ4n) is 6.49. The summed E-state index contributed by atoms with van der Waals surface area (Å²) in [6, 6.07) is -0.640. The Kier molecular flexibility index (Phi) is 39.9. The first-order valence-corrected chi connectivity index (χ1v) is 21.7. The van der Waals surface area contributed by atoms with Gasteiger partial charge in [-0.05, 0) is 51.4 Å². The minimum Gasteiger partial charge on any atom is -0.394 e. The molecule has 0 aromatic heterocycles. The molecule has 0 bridgehead atoms. The molecule has 0 aliphatic rings. The maximum atomic E-state index is 12.3. The van der Waals surface area contributed by atoms with Gasteiger partial charge >= 0.3 is 0 Å². The molecule has 2 atom stereocenters. The second kappa shape index (κ2) is 41.0. The molecule has 49 heavy (non-hydrogen) atoms. The average molecular weight is 688 g/mol. The molecule has 288 valence electrons. The van der Waals surface area contributed by atoms with E-state index in [9.17, 15) is 15.0 Å². The van der Waals surface area contributed by atoms with Gasteiger partial charge in [0.05, 0.1) is 18.8 Å². The van der Waals surface area contributed by atoms with Crippen molar-refractivity contribution in [1.29, 1.82) is 0 Å². The summed E-state index contributed by atoms with van der Waals surface area (Å²) in [5.41, 5.74) is 0. The van der Waals surface area contributed by atoms with Crippen LogP contribution in [0.2, 0.25) is 0 Å². The predicted molar refractivity (Wildman–Crippen MR) is 216 cm³/mol. The van der Waals surface area contributed by atoms with Gasteiger partial charge in [-0.2, -0.15) is 0 Å². The number of amides is 1. The molecule has 1 amide bonds. The van der Waals surface area contributed by atoms with E-state index in [4.69, 9.17) is 0 Å². The maximum absolute atomic E-state index is 12.3. The predicted octanol–water partition coefficient (Wildman–Crippen LogP) is 13.4. The molecule has 0 spiro atoms. The summed E-state index contributed by atoms with van der Waals surface area (Å²) in [5, 5.41) is 22.9. The molecule has 4 heteroatoms. The highest BCUT2D eigenvalue weighted by Gasteiger charge is 2.17. The van der Waals surface area contributed by atoms with Gasteiger partial charge in [-0.3, -0.25) is 4.79 Å². The van der Waals surface area contributed by atoms with Crippen LogP contribution in [0.5, 0.6) is 0 Å². The minimum atomic E-state index is -0.863. The second-order valence-electron chi connectivity index (χ2n) is 14.8. The van der Waals surface area contributed by atoms with E-state index in [0.29, 0.717) is 6.42 Å². The Morgan fingerprint density at radius 2 is 0.837 bits per heavy atom. The number of carbonyl (C=O) groups excluding carboxylic acids is 1. The molecule has 4 nitrogen and oxygen atoms in total. The Bertz CT molecular complexity index is 746. The minimum absolute atomic E-state index is 0.0860. The van der Waals surface area contributed by atoms with E-state index in [-0.39, 0.29) is 12.5 Å². The molecule has 0 aliphatic heterocycles. The summed E-state index contributed by atoms with van der Waals surface area (Å²) in [4.78, 5) is 12.3. The van der Waals surface area contributed by atoms with E-state index in [1.165, 1.54) is 161 Å². The van der Waals surface area contributed by atoms with Crippen molar-refractivity contribution in [3.05, 3.63) is 36.5 Å². The van der Waals surface area contributed by atoms with Crippen LogP contribution in [0.4, 0.5) is 0 Å². The largest absolute Gasteiger partial charge is 0.394 e. The SMILES string of the molecule is CCC/C=C\CCCCCCCC(=O)NC(CO)C(O)/C=C/CC/C=C/CCCCCCCCCCCCCCCCCCCCCCC. The number of nitrogens with one attached hydrogen (secondary N) is 1. The van der Waals surface area contributed by atoms with Crippen LogP contribution in [-0.2, 0) is 4.79 Å². The molecule has 2 unspecified atom stereocenters. The van der Waals surface area contributed by atoms with Gasteiger partial charge in [0, 0.05) is 6.42 Å². The van der Waals surface area contributed by atoms with E-state index in [1.807, 2.05) is 6.08 Å². The van der Waals surface area contributed by atoms with Crippen LogP contribution in [0.3, 0.4) is 0 Å². The van der Waals surface area contributed by atoms with Crippen LogP contribution in [0.25, 0.3) is 0 Å². The first kappa shape index (κ1) is 47.6. The number of hydrogen-bond acceptors (Lipinski definition) is 3. The topological polar surface area (TPSA) is 69.6 Å². The average Bonchev–Trinajstić information content (AvgIpc) is 3.10. The lowest BCUT2D eigenvalue weighted by atomic mass is 10.0. The fourth-order valence-corrected chi connectivity index (χ4v) is 6.49. The summed E-state index contributed by atoms with van der Waals surface area (Å²) >= 11 is 0. The first-order valence-electron chi connectivity index (χ1n) is 21.7. The Balaban J connectivity index is 3.53. The van der Waals surface area contributed by atoms with E-state index in [0.717, 1.165) is 44.9 Å². The second-order valence-corrected chi connectivity index (χ2v) is 14.8. The molecule has 0 saturated heterocycles. The van der Waals surface area contributed by atoms with Crippen molar-refractivity contribution >= 4 is 5.91 Å². The van der Waals surface area contributed by atoms with Gasteiger partial charge < -0.3 is 15.5 Å². The Morgan fingerprint density at radius 1 is 0.469 bits per heavy atom. The highest BCUT2D eigenvalue weighted by Crippen LogP contribution is 2.15. The van der Waals surface area contributed by atoms with Crippen LogP contribution >= 0.6 is 0 Å². The Hall–Kier alpha value is -1.39. The molecular formula is C45H85NO3. The van der Waals surface area contributed by atoms with Crippen LogP contribution < -0.4 is 5.32 Å². The van der Waals surface area contributed by atoms with Crippen LogP contribution in [0.15, 0.2) is 36.5 Å². The standard InChI is InChI=1S/C45H85NO3/c1-3-5-7-9-11-13-15-16-17-18-19-20-21-22-23-24-25-26-27-28-29-30-31-32-34-36-38-40-44(48)43(42-47)46-45(49)41-39-37-35-33-14-12-10-8-6-4-2/h8,10,31-32,38,40,43-44,47-48H,3-7,9,11-30,33-37,39,41-42H2,1-2H3,(H,46,49)/b10-8-,32-31+,40-38+. The monoisotopic (exact) mass is 688 g/mol. The van der Waals surface area contributed by atoms with Crippen LogP contribution in [-0.4, -0.2) is 34.9 Å². The van der Waals surface area contributed by atoms with E-state index < -0.39 is 12.1 Å². The third-order valence-corrected chi connectivity index (χ3v) is 9.83. The van der Waals surface area contributed by atoms with E-state index in [2.05, 4.69) is 43.5 Å². The molecule has 0 radical (unpaired) electrons.